The summed E-state index contributed by atoms with van der Waals surface area (Å²) in [7, 11) is 3.48. The number of rotatable bonds is 6. The van der Waals surface area contributed by atoms with Crippen LogP contribution in [-0.4, -0.2) is 30.7 Å². The molecule has 0 aliphatic heterocycles. The monoisotopic (exact) mass is 393 g/mol. The van der Waals surface area contributed by atoms with E-state index in [-0.39, 0.29) is 11.9 Å². The molecular weight excluding hydrogens is 374 g/mol. The number of halogens is 1. The first-order chi connectivity index (χ1) is 11.0. The van der Waals surface area contributed by atoms with Crippen molar-refractivity contribution in [3.63, 3.8) is 0 Å². The van der Waals surface area contributed by atoms with Gasteiger partial charge in [0.25, 0.3) is 0 Å². The second-order valence-corrected chi connectivity index (χ2v) is 7.13. The molecule has 2 rings (SSSR count). The first-order valence-electron chi connectivity index (χ1n) is 7.30. The molecule has 3 nitrogen and oxygen atoms in total. The van der Waals surface area contributed by atoms with Gasteiger partial charge in [-0.05, 0) is 37.3 Å². The van der Waals surface area contributed by atoms with Crippen LogP contribution in [0.15, 0.2) is 57.9 Å². The second kappa shape index (κ2) is 8.41. The zero-order valence-electron chi connectivity index (χ0n) is 13.5. The highest BCUT2D eigenvalue weighted by Crippen LogP contribution is 2.29. The third-order valence-corrected chi connectivity index (χ3v) is 5.26. The summed E-state index contributed by atoms with van der Waals surface area (Å²) >= 11 is 4.96. The molecule has 0 aliphatic rings. The summed E-state index contributed by atoms with van der Waals surface area (Å²) in [4.78, 5) is 15.3. The van der Waals surface area contributed by atoms with Gasteiger partial charge in [-0.3, -0.25) is 4.79 Å². The van der Waals surface area contributed by atoms with Gasteiger partial charge in [-0.1, -0.05) is 34.1 Å². The number of carbonyl (C=O) groups excluding carboxylic acids is 1. The fourth-order valence-electron chi connectivity index (χ4n) is 2.21. The van der Waals surface area contributed by atoms with Crippen LogP contribution in [0.5, 0.6) is 5.75 Å². The molecule has 0 heterocycles. The fourth-order valence-corrected chi connectivity index (χ4v) is 3.30. The lowest BCUT2D eigenvalue weighted by molar-refractivity contribution is -0.128. The molecule has 0 bridgehead atoms. The van der Waals surface area contributed by atoms with Gasteiger partial charge in [0, 0.05) is 22.0 Å². The summed E-state index contributed by atoms with van der Waals surface area (Å²) < 4.78 is 6.43. The van der Waals surface area contributed by atoms with Crippen LogP contribution in [0.25, 0.3) is 0 Å². The number of benzene rings is 2. The first kappa shape index (κ1) is 17.9. The Balaban J connectivity index is 1.99. The van der Waals surface area contributed by atoms with Crippen molar-refractivity contribution >= 4 is 33.6 Å². The third kappa shape index (κ3) is 4.75. The molecular formula is C18H20BrNO2S. The third-order valence-electron chi connectivity index (χ3n) is 3.74. The Morgan fingerprint density at radius 1 is 1.22 bits per heavy atom. The molecule has 0 radical (unpaired) electrons. The Morgan fingerprint density at radius 3 is 2.52 bits per heavy atom. The summed E-state index contributed by atoms with van der Waals surface area (Å²) in [6.07, 6.45) is 0. The molecule has 2 aromatic carbocycles. The Labute approximate surface area is 150 Å². The number of ether oxygens (including phenoxy) is 1. The number of methoxy groups -OCH3 is 1. The number of hydrogen-bond acceptors (Lipinski definition) is 3. The van der Waals surface area contributed by atoms with Gasteiger partial charge in [0.15, 0.2) is 0 Å². The van der Waals surface area contributed by atoms with E-state index in [2.05, 4.69) is 15.9 Å². The first-order valence-corrected chi connectivity index (χ1v) is 9.07. The predicted molar refractivity (Wildman–Crippen MR) is 99.0 cm³/mol. The van der Waals surface area contributed by atoms with E-state index in [1.807, 2.05) is 62.5 Å². The zero-order chi connectivity index (χ0) is 16.8. The zero-order valence-corrected chi connectivity index (χ0v) is 15.9. The van der Waals surface area contributed by atoms with E-state index in [1.165, 1.54) is 0 Å². The quantitative estimate of drug-likeness (QED) is 0.661. The molecule has 122 valence electrons. The van der Waals surface area contributed by atoms with Crippen molar-refractivity contribution in [3.05, 3.63) is 58.6 Å². The predicted octanol–water partition coefficient (Wildman–Crippen LogP) is 4.77. The number of hydrogen-bond donors (Lipinski definition) is 0. The van der Waals surface area contributed by atoms with Crippen molar-refractivity contribution in [2.75, 3.05) is 19.9 Å². The van der Waals surface area contributed by atoms with Crippen LogP contribution >= 0.6 is 27.7 Å². The van der Waals surface area contributed by atoms with E-state index >= 15 is 0 Å². The van der Waals surface area contributed by atoms with Gasteiger partial charge < -0.3 is 9.64 Å². The van der Waals surface area contributed by atoms with Crippen LogP contribution in [-0.2, 0) is 4.79 Å². The van der Waals surface area contributed by atoms with Gasteiger partial charge in [0.05, 0.1) is 18.9 Å². The van der Waals surface area contributed by atoms with Crippen LogP contribution in [0.4, 0.5) is 0 Å². The summed E-state index contributed by atoms with van der Waals surface area (Å²) in [6.45, 7) is 2.01. The molecule has 1 unspecified atom stereocenters. The average Bonchev–Trinajstić information content (AvgIpc) is 2.59. The number of nitrogens with zero attached hydrogens (tertiary/aromatic N) is 1. The fraction of sp³-hybridized carbons (Fsp3) is 0.278. The van der Waals surface area contributed by atoms with Crippen molar-refractivity contribution in [2.45, 2.75) is 17.9 Å². The summed E-state index contributed by atoms with van der Waals surface area (Å²) in [6, 6.07) is 15.7. The van der Waals surface area contributed by atoms with Gasteiger partial charge in [0.2, 0.25) is 5.91 Å². The van der Waals surface area contributed by atoms with Crippen LogP contribution < -0.4 is 4.74 Å². The SMILES string of the molecule is COc1ccccc1C(C)N(C)C(=O)CSc1ccc(Br)cc1. The molecule has 0 spiro atoms. The minimum atomic E-state index is -0.0378. The summed E-state index contributed by atoms with van der Waals surface area (Å²) in [5, 5.41) is 0. The van der Waals surface area contributed by atoms with Crippen LogP contribution in [0.3, 0.4) is 0 Å². The molecule has 2 aromatic rings. The van der Waals surface area contributed by atoms with Gasteiger partial charge >= 0.3 is 0 Å². The van der Waals surface area contributed by atoms with E-state index in [0.717, 1.165) is 20.7 Å². The van der Waals surface area contributed by atoms with Gasteiger partial charge in [-0.25, -0.2) is 0 Å². The van der Waals surface area contributed by atoms with Gasteiger partial charge in [-0.15, -0.1) is 11.8 Å². The van der Waals surface area contributed by atoms with E-state index in [9.17, 15) is 4.79 Å². The molecule has 0 fully saturated rings. The highest BCUT2D eigenvalue weighted by atomic mass is 79.9. The van der Waals surface area contributed by atoms with Crippen molar-refractivity contribution in [1.29, 1.82) is 0 Å². The summed E-state index contributed by atoms with van der Waals surface area (Å²) in [5.41, 5.74) is 1.01. The highest BCUT2D eigenvalue weighted by Gasteiger charge is 2.20. The van der Waals surface area contributed by atoms with Crippen LogP contribution in [0, 0.1) is 0 Å². The molecule has 0 aliphatic carbocycles. The van der Waals surface area contributed by atoms with Crippen LogP contribution in [0.1, 0.15) is 18.5 Å². The van der Waals surface area contributed by atoms with Crippen molar-refractivity contribution in [2.24, 2.45) is 0 Å². The second-order valence-electron chi connectivity index (χ2n) is 5.17. The molecule has 5 heteroatoms. The van der Waals surface area contributed by atoms with Gasteiger partial charge in [0.1, 0.15) is 5.75 Å². The number of para-hydroxylation sites is 1. The van der Waals surface area contributed by atoms with E-state index in [4.69, 9.17) is 4.74 Å². The lowest BCUT2D eigenvalue weighted by Gasteiger charge is -2.26. The number of thioether (sulfide) groups is 1. The van der Waals surface area contributed by atoms with Crippen molar-refractivity contribution in [3.8, 4) is 5.75 Å². The lowest BCUT2D eigenvalue weighted by atomic mass is 10.1. The topological polar surface area (TPSA) is 29.5 Å². The van der Waals surface area contributed by atoms with Gasteiger partial charge in [-0.2, -0.15) is 0 Å². The lowest BCUT2D eigenvalue weighted by Crippen LogP contribution is -2.31. The largest absolute Gasteiger partial charge is 0.496 e. The Morgan fingerprint density at radius 2 is 1.87 bits per heavy atom. The maximum Gasteiger partial charge on any atom is 0.233 e. The highest BCUT2D eigenvalue weighted by molar-refractivity contribution is 9.10. The average molecular weight is 394 g/mol. The van der Waals surface area contributed by atoms with E-state index in [0.29, 0.717) is 5.75 Å². The maximum absolute atomic E-state index is 12.5. The molecule has 0 aromatic heterocycles. The minimum absolute atomic E-state index is 0.0378. The van der Waals surface area contributed by atoms with E-state index < -0.39 is 0 Å². The smallest absolute Gasteiger partial charge is 0.233 e. The summed E-state index contributed by atoms with van der Waals surface area (Å²) in [5.74, 6) is 1.31. The Hall–Kier alpha value is -1.46. The Bertz CT molecular complexity index is 660. The van der Waals surface area contributed by atoms with Crippen molar-refractivity contribution < 1.29 is 9.53 Å². The van der Waals surface area contributed by atoms with Crippen molar-refractivity contribution in [1.82, 2.24) is 4.90 Å². The molecule has 23 heavy (non-hydrogen) atoms. The molecule has 0 saturated carbocycles. The number of amides is 1. The normalized spacial score (nSPS) is 11.8. The minimum Gasteiger partial charge on any atom is -0.496 e. The van der Waals surface area contributed by atoms with Crippen LogP contribution in [0.2, 0.25) is 0 Å². The standard InChI is InChI=1S/C18H20BrNO2S/c1-13(16-6-4-5-7-17(16)22-3)20(2)18(21)12-23-15-10-8-14(19)9-11-15/h4-11,13H,12H2,1-3H3. The molecule has 1 amide bonds. The maximum atomic E-state index is 12.5. The molecule has 1 atom stereocenters. The molecule has 0 saturated heterocycles. The van der Waals surface area contributed by atoms with E-state index in [1.54, 1.807) is 23.8 Å². The number of carbonyl (C=O) groups is 1. The Kier molecular flexibility index (Phi) is 6.54. The molecule has 0 N–H and O–H groups in total.